The summed E-state index contributed by atoms with van der Waals surface area (Å²) >= 11 is 2.45. The van der Waals surface area contributed by atoms with Gasteiger partial charge in [-0.1, -0.05) is 59.8 Å². The maximum absolute atomic E-state index is 13.6. The maximum Gasteiger partial charge on any atom is 0.244 e. The van der Waals surface area contributed by atoms with E-state index in [2.05, 4.69) is 79.3 Å². The predicted molar refractivity (Wildman–Crippen MR) is 117 cm³/mol. The minimum absolute atomic E-state index is 0.0329. The first kappa shape index (κ1) is 23.2. The highest BCUT2D eigenvalue weighted by Crippen LogP contribution is 2.44. The first-order chi connectivity index (χ1) is 11.6. The molecule has 1 rings (SSSR count). The molecular formula is C21H41IN2O. The Morgan fingerprint density at radius 3 is 2.08 bits per heavy atom. The van der Waals surface area contributed by atoms with Gasteiger partial charge < -0.3 is 4.90 Å². The predicted octanol–water partition coefficient (Wildman–Crippen LogP) is 6.35. The summed E-state index contributed by atoms with van der Waals surface area (Å²) < 4.78 is 2.38. The normalized spacial score (nSPS) is 28.6. The molecule has 1 aliphatic rings. The Balaban J connectivity index is 3.08. The van der Waals surface area contributed by atoms with E-state index in [1.54, 1.807) is 0 Å². The standard InChI is InChI=1S/C21H41IN2O/c1-8-12-13-14-15-16-21(7)18(25)23(19(5,9-2)10-3)17-20(6,11-4)24(21)22/h8-17H2,1-7H3. The van der Waals surface area contributed by atoms with Gasteiger partial charge in [0.25, 0.3) is 0 Å². The van der Waals surface area contributed by atoms with Gasteiger partial charge in [0.2, 0.25) is 5.91 Å². The first-order valence-electron chi connectivity index (χ1n) is 10.4. The van der Waals surface area contributed by atoms with Crippen LogP contribution in [0, 0.1) is 0 Å². The SMILES string of the molecule is CCCCCCCC1(C)C(=O)N(C(C)(CC)CC)CC(C)(CC)N1I. The van der Waals surface area contributed by atoms with E-state index < -0.39 is 0 Å². The van der Waals surface area contributed by atoms with E-state index in [0.29, 0.717) is 5.91 Å². The van der Waals surface area contributed by atoms with Gasteiger partial charge in [0, 0.05) is 40.5 Å². The lowest BCUT2D eigenvalue weighted by atomic mass is 9.79. The van der Waals surface area contributed by atoms with Gasteiger partial charge in [-0.15, -0.1) is 0 Å². The number of piperazine rings is 1. The molecule has 148 valence electrons. The molecule has 1 amide bonds. The number of hydrogen-bond donors (Lipinski definition) is 0. The van der Waals surface area contributed by atoms with Crippen LogP contribution in [-0.4, -0.2) is 37.1 Å². The highest BCUT2D eigenvalue weighted by atomic mass is 127. The number of rotatable bonds is 10. The van der Waals surface area contributed by atoms with Crippen molar-refractivity contribution in [1.82, 2.24) is 8.01 Å². The van der Waals surface area contributed by atoms with Crippen LogP contribution in [-0.2, 0) is 4.79 Å². The summed E-state index contributed by atoms with van der Waals surface area (Å²) in [5.74, 6) is 0.342. The van der Waals surface area contributed by atoms with Crippen molar-refractivity contribution in [2.24, 2.45) is 0 Å². The van der Waals surface area contributed by atoms with E-state index in [-0.39, 0.29) is 16.6 Å². The molecule has 0 aromatic heterocycles. The molecule has 0 saturated carbocycles. The maximum atomic E-state index is 13.6. The third kappa shape index (κ3) is 4.72. The fraction of sp³-hybridized carbons (Fsp3) is 0.952. The second kappa shape index (κ2) is 9.38. The van der Waals surface area contributed by atoms with Crippen molar-refractivity contribution in [1.29, 1.82) is 0 Å². The fourth-order valence-corrected chi connectivity index (χ4v) is 4.98. The first-order valence-corrected chi connectivity index (χ1v) is 11.4. The quantitative estimate of drug-likeness (QED) is 0.214. The van der Waals surface area contributed by atoms with Crippen LogP contribution in [0.2, 0.25) is 0 Å². The Hall–Kier alpha value is 0.160. The number of carbonyl (C=O) groups excluding carboxylic acids is 1. The minimum atomic E-state index is -0.388. The molecule has 0 spiro atoms. The molecule has 1 saturated heterocycles. The van der Waals surface area contributed by atoms with Gasteiger partial charge in [0.1, 0.15) is 5.54 Å². The highest BCUT2D eigenvalue weighted by molar-refractivity contribution is 14.1. The molecular weight excluding hydrogens is 423 g/mol. The summed E-state index contributed by atoms with van der Waals surface area (Å²) in [6.07, 6.45) is 10.3. The van der Waals surface area contributed by atoms with Crippen molar-refractivity contribution in [2.75, 3.05) is 6.54 Å². The molecule has 0 aromatic carbocycles. The third-order valence-corrected chi connectivity index (χ3v) is 9.05. The summed E-state index contributed by atoms with van der Waals surface area (Å²) in [5, 5.41) is 0. The molecule has 4 heteroatoms. The molecule has 25 heavy (non-hydrogen) atoms. The molecule has 2 atom stereocenters. The lowest BCUT2D eigenvalue weighted by molar-refractivity contribution is -0.161. The van der Waals surface area contributed by atoms with E-state index in [9.17, 15) is 4.79 Å². The van der Waals surface area contributed by atoms with Crippen LogP contribution in [0.4, 0.5) is 0 Å². The van der Waals surface area contributed by atoms with Crippen LogP contribution >= 0.6 is 22.9 Å². The van der Waals surface area contributed by atoms with E-state index in [1.807, 2.05) is 0 Å². The molecule has 0 aromatic rings. The monoisotopic (exact) mass is 464 g/mol. The molecule has 1 aliphatic heterocycles. The molecule has 2 unspecified atom stereocenters. The average Bonchev–Trinajstić information content (AvgIpc) is 2.62. The van der Waals surface area contributed by atoms with Crippen LogP contribution < -0.4 is 0 Å². The lowest BCUT2D eigenvalue weighted by Crippen LogP contribution is -2.73. The van der Waals surface area contributed by atoms with Gasteiger partial charge in [0.15, 0.2) is 0 Å². The van der Waals surface area contributed by atoms with E-state index in [0.717, 1.165) is 38.6 Å². The summed E-state index contributed by atoms with van der Waals surface area (Å²) in [5.41, 5.74) is -0.380. The van der Waals surface area contributed by atoms with E-state index >= 15 is 0 Å². The van der Waals surface area contributed by atoms with Gasteiger partial charge >= 0.3 is 0 Å². The Morgan fingerprint density at radius 2 is 1.60 bits per heavy atom. The Kier molecular flexibility index (Phi) is 8.71. The Morgan fingerprint density at radius 1 is 1.04 bits per heavy atom. The summed E-state index contributed by atoms with van der Waals surface area (Å²) in [6.45, 7) is 16.6. The Bertz CT molecular complexity index is 438. The third-order valence-electron chi connectivity index (χ3n) is 6.82. The average molecular weight is 464 g/mol. The molecule has 1 fully saturated rings. The Labute approximate surface area is 170 Å². The van der Waals surface area contributed by atoms with Crippen LogP contribution in [0.1, 0.15) is 106 Å². The summed E-state index contributed by atoms with van der Waals surface area (Å²) in [6, 6.07) is 0. The number of hydrogen-bond acceptors (Lipinski definition) is 2. The fourth-order valence-electron chi connectivity index (χ4n) is 4.04. The largest absolute Gasteiger partial charge is 0.334 e. The lowest BCUT2D eigenvalue weighted by Gasteiger charge is -2.58. The van der Waals surface area contributed by atoms with Gasteiger partial charge in [-0.25, -0.2) is 3.11 Å². The molecule has 0 N–H and O–H groups in total. The van der Waals surface area contributed by atoms with Crippen LogP contribution in [0.25, 0.3) is 0 Å². The number of halogens is 1. The van der Waals surface area contributed by atoms with E-state index in [1.165, 1.54) is 25.7 Å². The zero-order valence-electron chi connectivity index (χ0n) is 17.8. The minimum Gasteiger partial charge on any atom is -0.334 e. The van der Waals surface area contributed by atoms with Crippen molar-refractivity contribution >= 4 is 28.8 Å². The van der Waals surface area contributed by atoms with Crippen LogP contribution in [0.15, 0.2) is 0 Å². The van der Waals surface area contributed by atoms with Gasteiger partial charge in [-0.2, -0.15) is 0 Å². The van der Waals surface area contributed by atoms with Crippen molar-refractivity contribution in [2.45, 2.75) is 123 Å². The van der Waals surface area contributed by atoms with Gasteiger partial charge in [0.05, 0.1) is 0 Å². The summed E-state index contributed by atoms with van der Waals surface area (Å²) in [7, 11) is 0. The topological polar surface area (TPSA) is 23.6 Å². The molecule has 3 nitrogen and oxygen atoms in total. The summed E-state index contributed by atoms with van der Waals surface area (Å²) in [4.78, 5) is 15.9. The number of nitrogens with zero attached hydrogens (tertiary/aromatic N) is 2. The molecule has 0 bridgehead atoms. The van der Waals surface area contributed by atoms with Gasteiger partial charge in [-0.3, -0.25) is 4.79 Å². The number of unbranched alkanes of at least 4 members (excludes halogenated alkanes) is 4. The van der Waals surface area contributed by atoms with Crippen molar-refractivity contribution in [3.05, 3.63) is 0 Å². The van der Waals surface area contributed by atoms with Crippen LogP contribution in [0.3, 0.4) is 0 Å². The van der Waals surface area contributed by atoms with Gasteiger partial charge in [-0.05, 0) is 46.5 Å². The molecule has 0 aliphatic carbocycles. The second-order valence-corrected chi connectivity index (χ2v) is 9.63. The second-order valence-electron chi connectivity index (χ2n) is 8.66. The van der Waals surface area contributed by atoms with Crippen molar-refractivity contribution in [3.8, 4) is 0 Å². The van der Waals surface area contributed by atoms with Crippen molar-refractivity contribution in [3.63, 3.8) is 0 Å². The van der Waals surface area contributed by atoms with Crippen LogP contribution in [0.5, 0.6) is 0 Å². The number of carbonyl (C=O) groups is 1. The van der Waals surface area contributed by atoms with Crippen molar-refractivity contribution < 1.29 is 4.79 Å². The molecule has 1 heterocycles. The zero-order chi connectivity index (χ0) is 19.3. The zero-order valence-corrected chi connectivity index (χ0v) is 19.9. The highest BCUT2D eigenvalue weighted by Gasteiger charge is 2.55. The smallest absolute Gasteiger partial charge is 0.244 e. The number of amides is 1. The van der Waals surface area contributed by atoms with E-state index in [4.69, 9.17) is 0 Å². The molecule has 0 radical (unpaired) electrons.